The lowest BCUT2D eigenvalue weighted by Gasteiger charge is -2.39. The van der Waals surface area contributed by atoms with E-state index < -0.39 is 17.9 Å². The van der Waals surface area contributed by atoms with E-state index in [1.165, 1.54) is 77.0 Å². The highest BCUT2D eigenvalue weighted by Crippen LogP contribution is 2.44. The minimum Gasteiger partial charge on any atom is -0.352 e. The Bertz CT molecular complexity index is 691. The quantitative estimate of drug-likeness (QED) is 0.201. The van der Waals surface area contributed by atoms with Gasteiger partial charge in [-0.1, -0.05) is 58.3 Å². The number of ether oxygens (including phenoxy) is 2. The van der Waals surface area contributed by atoms with Gasteiger partial charge in [-0.15, -0.1) is 0 Å². The van der Waals surface area contributed by atoms with Gasteiger partial charge in [0.2, 0.25) is 0 Å². The van der Waals surface area contributed by atoms with E-state index in [4.69, 9.17) is 9.47 Å². The van der Waals surface area contributed by atoms with Crippen LogP contribution in [0.2, 0.25) is 0 Å². The fourth-order valence-corrected chi connectivity index (χ4v) is 8.09. The highest BCUT2D eigenvalue weighted by Gasteiger charge is 2.35. The molecule has 0 unspecified atom stereocenters. The Kier molecular flexibility index (Phi) is 11.9. The van der Waals surface area contributed by atoms with Gasteiger partial charge in [0.15, 0.2) is 6.29 Å². The minimum atomic E-state index is -4.55. The maximum absolute atomic E-state index is 13.9. The van der Waals surface area contributed by atoms with Crippen molar-refractivity contribution >= 4 is 0 Å². The van der Waals surface area contributed by atoms with Crippen molar-refractivity contribution in [3.8, 4) is 0 Å². The first kappa shape index (κ1) is 30.3. The van der Waals surface area contributed by atoms with E-state index in [-0.39, 0.29) is 12.4 Å². The third-order valence-electron chi connectivity index (χ3n) is 10.6. The van der Waals surface area contributed by atoms with Crippen LogP contribution in [0.4, 0.5) is 17.6 Å². The smallest absolute Gasteiger partial charge is 0.352 e. The highest BCUT2D eigenvalue weighted by atomic mass is 19.4. The number of hydrogen-bond acceptors (Lipinski definition) is 2. The molecule has 0 N–H and O–H groups in total. The second-order valence-electron chi connectivity index (χ2n) is 13.2. The highest BCUT2D eigenvalue weighted by molar-refractivity contribution is 5.03. The molecule has 220 valence electrons. The number of alkyl halides is 3. The monoisotopic (exact) mass is 544 g/mol. The first-order valence-corrected chi connectivity index (χ1v) is 16.0. The summed E-state index contributed by atoms with van der Waals surface area (Å²) in [5, 5.41) is 0. The summed E-state index contributed by atoms with van der Waals surface area (Å²) in [6.45, 7) is 4.01. The first-order chi connectivity index (χ1) is 18.3. The zero-order valence-electron chi connectivity index (χ0n) is 23.7. The van der Waals surface area contributed by atoms with Crippen LogP contribution in [0.3, 0.4) is 0 Å². The second kappa shape index (κ2) is 14.8. The molecule has 6 heteroatoms. The maximum atomic E-state index is 13.9. The average Bonchev–Trinajstić information content (AvgIpc) is 2.92. The predicted molar refractivity (Wildman–Crippen MR) is 144 cm³/mol. The Morgan fingerprint density at radius 1 is 0.658 bits per heavy atom. The van der Waals surface area contributed by atoms with Crippen molar-refractivity contribution in [2.75, 3.05) is 13.2 Å². The lowest BCUT2D eigenvalue weighted by molar-refractivity contribution is -0.213. The fraction of sp³-hybridized carbons (Fsp3) is 0.938. The van der Waals surface area contributed by atoms with Crippen LogP contribution in [-0.4, -0.2) is 25.7 Å². The molecule has 4 rings (SSSR count). The maximum Gasteiger partial charge on any atom is 0.412 e. The SMILES string of the molecule is CCCCCC1CCC(C2COC(CCC3CCC(C4CCC(/C(F)=C/C(F)(F)F)CC4)CC3)OC2)CC1. The molecule has 2 nitrogen and oxygen atoms in total. The summed E-state index contributed by atoms with van der Waals surface area (Å²) in [5.74, 6) is 2.73. The van der Waals surface area contributed by atoms with Gasteiger partial charge >= 0.3 is 6.18 Å². The summed E-state index contributed by atoms with van der Waals surface area (Å²) in [7, 11) is 0. The summed E-state index contributed by atoms with van der Waals surface area (Å²) >= 11 is 0. The zero-order valence-corrected chi connectivity index (χ0v) is 23.7. The Morgan fingerprint density at radius 2 is 1.16 bits per heavy atom. The van der Waals surface area contributed by atoms with E-state index in [1.807, 2.05) is 0 Å². The Morgan fingerprint density at radius 3 is 1.68 bits per heavy atom. The molecule has 0 amide bonds. The zero-order chi connectivity index (χ0) is 27.0. The molecule has 0 aromatic heterocycles. The molecule has 1 saturated heterocycles. The third kappa shape index (κ3) is 9.49. The van der Waals surface area contributed by atoms with Gasteiger partial charge in [-0.2, -0.15) is 13.2 Å². The summed E-state index contributed by atoms with van der Waals surface area (Å²) in [4.78, 5) is 0. The standard InChI is InChI=1S/C32H52F4O2/c1-2-3-4-5-23-6-13-27(14-7-23)29-21-37-31(38-22-29)19-10-24-8-11-25(12-9-24)26-15-17-28(18-16-26)30(33)20-32(34,35)36/h20,23-29,31H,2-19,21-22H2,1H3/b30-20-. The van der Waals surface area contributed by atoms with Crippen LogP contribution < -0.4 is 0 Å². The molecule has 1 aliphatic heterocycles. The van der Waals surface area contributed by atoms with Gasteiger partial charge in [0.05, 0.1) is 19.3 Å². The van der Waals surface area contributed by atoms with Crippen LogP contribution in [-0.2, 0) is 9.47 Å². The van der Waals surface area contributed by atoms with Crippen molar-refractivity contribution in [1.82, 2.24) is 0 Å². The summed E-state index contributed by atoms with van der Waals surface area (Å²) in [6.07, 6.45) is 16.1. The van der Waals surface area contributed by atoms with Gasteiger partial charge in [0.1, 0.15) is 5.83 Å². The molecule has 0 atom stereocenters. The Balaban J connectivity index is 1.06. The molecular weight excluding hydrogens is 492 g/mol. The van der Waals surface area contributed by atoms with Gasteiger partial charge in [-0.3, -0.25) is 0 Å². The van der Waals surface area contributed by atoms with Crippen LogP contribution in [0.25, 0.3) is 0 Å². The molecule has 1 heterocycles. The van der Waals surface area contributed by atoms with Crippen molar-refractivity contribution in [3.63, 3.8) is 0 Å². The predicted octanol–water partition coefficient (Wildman–Crippen LogP) is 10.2. The largest absolute Gasteiger partial charge is 0.412 e. The number of allylic oxidation sites excluding steroid dienone is 2. The first-order valence-electron chi connectivity index (χ1n) is 16.0. The number of hydrogen-bond donors (Lipinski definition) is 0. The van der Waals surface area contributed by atoms with E-state index in [1.54, 1.807) is 0 Å². The molecule has 0 radical (unpaired) electrons. The molecule has 3 saturated carbocycles. The van der Waals surface area contributed by atoms with E-state index in [0.29, 0.717) is 30.6 Å². The van der Waals surface area contributed by atoms with E-state index in [2.05, 4.69) is 6.92 Å². The summed E-state index contributed by atoms with van der Waals surface area (Å²) in [5.41, 5.74) is 0. The number of rotatable bonds is 10. The van der Waals surface area contributed by atoms with Crippen molar-refractivity contribution < 1.29 is 27.0 Å². The van der Waals surface area contributed by atoms with Crippen molar-refractivity contribution in [2.45, 2.75) is 135 Å². The van der Waals surface area contributed by atoms with Crippen molar-refractivity contribution in [2.24, 2.45) is 41.4 Å². The van der Waals surface area contributed by atoms with Crippen molar-refractivity contribution in [3.05, 3.63) is 11.9 Å². The number of unbranched alkanes of at least 4 members (excludes halogenated alkanes) is 2. The van der Waals surface area contributed by atoms with E-state index >= 15 is 0 Å². The van der Waals surface area contributed by atoms with Gasteiger partial charge < -0.3 is 9.47 Å². The summed E-state index contributed by atoms with van der Waals surface area (Å²) in [6, 6.07) is 0. The van der Waals surface area contributed by atoms with Crippen LogP contribution in [0.1, 0.15) is 122 Å². The normalized spacial score (nSPS) is 37.8. The van der Waals surface area contributed by atoms with Crippen molar-refractivity contribution in [1.29, 1.82) is 0 Å². The topological polar surface area (TPSA) is 18.5 Å². The molecular formula is C32H52F4O2. The molecule has 4 fully saturated rings. The van der Waals surface area contributed by atoms with E-state index in [0.717, 1.165) is 56.7 Å². The Labute approximate surface area is 228 Å². The minimum absolute atomic E-state index is 0.0377. The molecule has 0 spiro atoms. The number of halogens is 4. The Hall–Kier alpha value is -0.620. The second-order valence-corrected chi connectivity index (χ2v) is 13.2. The third-order valence-corrected chi connectivity index (χ3v) is 10.6. The van der Waals surface area contributed by atoms with Gasteiger partial charge in [0.25, 0.3) is 0 Å². The van der Waals surface area contributed by atoms with Crippen LogP contribution in [0.5, 0.6) is 0 Å². The van der Waals surface area contributed by atoms with Crippen LogP contribution in [0.15, 0.2) is 11.9 Å². The molecule has 0 aromatic rings. The van der Waals surface area contributed by atoms with Crippen LogP contribution in [0, 0.1) is 41.4 Å². The fourth-order valence-electron chi connectivity index (χ4n) is 8.09. The lowest BCUT2D eigenvalue weighted by Crippen LogP contribution is -2.37. The lowest BCUT2D eigenvalue weighted by atomic mass is 9.68. The van der Waals surface area contributed by atoms with Gasteiger partial charge in [-0.25, -0.2) is 4.39 Å². The summed E-state index contributed by atoms with van der Waals surface area (Å²) < 4.78 is 63.7. The van der Waals surface area contributed by atoms with Crippen LogP contribution >= 0.6 is 0 Å². The van der Waals surface area contributed by atoms with Gasteiger partial charge in [-0.05, 0) is 93.8 Å². The van der Waals surface area contributed by atoms with E-state index in [9.17, 15) is 17.6 Å². The average molecular weight is 545 g/mol. The van der Waals surface area contributed by atoms with Gasteiger partial charge in [0, 0.05) is 11.8 Å². The molecule has 0 aromatic carbocycles. The molecule has 4 aliphatic rings. The molecule has 38 heavy (non-hydrogen) atoms. The molecule has 0 bridgehead atoms. The molecule has 3 aliphatic carbocycles.